The molecule has 1 N–H and O–H groups in total. The smallest absolute Gasteiger partial charge is 0.274 e. The number of benzene rings is 1. The van der Waals surface area contributed by atoms with Crippen LogP contribution in [0.2, 0.25) is 0 Å². The second-order valence-electron chi connectivity index (χ2n) is 3.33. The molecule has 1 saturated heterocycles. The van der Waals surface area contributed by atoms with Crippen LogP contribution in [-0.2, 0) is 4.84 Å². The molecule has 1 heterocycles. The largest absolute Gasteiger partial charge is 0.277 e. The predicted molar refractivity (Wildman–Crippen MR) is 68.6 cm³/mol. The lowest BCUT2D eigenvalue weighted by molar-refractivity contribution is 0.0537. The van der Waals surface area contributed by atoms with Crippen molar-refractivity contribution in [1.29, 1.82) is 0 Å². The van der Waals surface area contributed by atoms with Crippen molar-refractivity contribution < 1.29 is 9.63 Å². The van der Waals surface area contributed by atoms with E-state index in [1.165, 1.54) is 24.2 Å². The molecule has 1 aromatic carbocycles. The first kappa shape index (κ1) is 11.8. The molecule has 0 unspecified atom stereocenters. The maximum Gasteiger partial charge on any atom is 0.274 e. The van der Waals surface area contributed by atoms with Crippen molar-refractivity contribution in [3.8, 4) is 0 Å². The third-order valence-corrected chi connectivity index (χ3v) is 5.37. The average molecular weight is 255 g/mol. The van der Waals surface area contributed by atoms with Crippen molar-refractivity contribution in [1.82, 2.24) is 5.48 Å². The summed E-state index contributed by atoms with van der Waals surface area (Å²) in [5.41, 5.74) is 4.20. The number of hydrogen-bond donors (Lipinski definition) is 1. The van der Waals surface area contributed by atoms with Gasteiger partial charge in [-0.25, -0.2) is 5.48 Å². The van der Waals surface area contributed by atoms with Gasteiger partial charge in [0, 0.05) is 17.1 Å². The van der Waals surface area contributed by atoms with Crippen LogP contribution in [0.3, 0.4) is 0 Å². The van der Waals surface area contributed by atoms with Crippen LogP contribution in [0.5, 0.6) is 0 Å². The van der Waals surface area contributed by atoms with E-state index in [2.05, 4.69) is 10.3 Å². The molecule has 3 nitrogen and oxygen atoms in total. The highest BCUT2D eigenvalue weighted by atomic mass is 32.2. The van der Waals surface area contributed by atoms with Crippen molar-refractivity contribution in [2.45, 2.75) is 4.58 Å². The number of carbonyl (C=O) groups excluding carboxylic acids is 1. The van der Waals surface area contributed by atoms with E-state index in [1.807, 2.05) is 47.8 Å². The molecule has 0 aromatic heterocycles. The first-order valence-electron chi connectivity index (χ1n) is 4.98. The van der Waals surface area contributed by atoms with Crippen LogP contribution < -0.4 is 5.48 Å². The van der Waals surface area contributed by atoms with Crippen molar-refractivity contribution >= 4 is 29.4 Å². The normalized spacial score (nSPS) is 16.3. The van der Waals surface area contributed by atoms with Gasteiger partial charge in [0.15, 0.2) is 0 Å². The molecule has 0 spiro atoms. The van der Waals surface area contributed by atoms with Gasteiger partial charge in [0.1, 0.15) is 0 Å². The first-order valence-corrected chi connectivity index (χ1v) is 7.07. The highest BCUT2D eigenvalue weighted by Gasteiger charge is 2.18. The molecule has 1 aromatic rings. The van der Waals surface area contributed by atoms with E-state index in [4.69, 9.17) is 0 Å². The van der Waals surface area contributed by atoms with Crippen molar-refractivity contribution in [2.24, 2.45) is 0 Å². The molecule has 16 heavy (non-hydrogen) atoms. The molecule has 1 aliphatic rings. The van der Waals surface area contributed by atoms with Crippen LogP contribution in [0.4, 0.5) is 0 Å². The number of carbonyl (C=O) groups is 1. The number of thioether (sulfide) groups is 2. The number of amides is 1. The minimum absolute atomic E-state index is 0.208. The van der Waals surface area contributed by atoms with Gasteiger partial charge in [-0.05, 0) is 17.7 Å². The lowest BCUT2D eigenvalue weighted by atomic mass is 10.1. The fourth-order valence-electron chi connectivity index (χ4n) is 1.49. The van der Waals surface area contributed by atoms with Crippen LogP contribution >= 0.6 is 23.5 Å². The van der Waals surface area contributed by atoms with Gasteiger partial charge in [0.25, 0.3) is 5.91 Å². The van der Waals surface area contributed by atoms with E-state index in [-0.39, 0.29) is 5.91 Å². The Kier molecular flexibility index (Phi) is 4.15. The maximum absolute atomic E-state index is 11.4. The van der Waals surface area contributed by atoms with Crippen LogP contribution in [0.15, 0.2) is 24.3 Å². The lowest BCUT2D eigenvalue weighted by Crippen LogP contribution is -2.21. The van der Waals surface area contributed by atoms with E-state index < -0.39 is 0 Å². The Morgan fingerprint density at radius 3 is 2.50 bits per heavy atom. The van der Waals surface area contributed by atoms with Crippen molar-refractivity contribution in [2.75, 3.05) is 18.6 Å². The second kappa shape index (κ2) is 5.61. The molecule has 1 aliphatic heterocycles. The molecule has 1 fully saturated rings. The van der Waals surface area contributed by atoms with Crippen LogP contribution in [-0.4, -0.2) is 24.5 Å². The summed E-state index contributed by atoms with van der Waals surface area (Å²) in [5.74, 6) is 2.21. The van der Waals surface area contributed by atoms with Crippen molar-refractivity contribution in [3.63, 3.8) is 0 Å². The third kappa shape index (κ3) is 2.72. The van der Waals surface area contributed by atoms with Crippen LogP contribution in [0, 0.1) is 0 Å². The SMILES string of the molecule is CONC(=O)c1ccc(C2SCCS2)cc1. The van der Waals surface area contributed by atoms with Gasteiger partial charge >= 0.3 is 0 Å². The Hall–Kier alpha value is -0.650. The molecule has 0 saturated carbocycles. The first-order chi connectivity index (χ1) is 7.81. The molecule has 1 amide bonds. The zero-order valence-electron chi connectivity index (χ0n) is 8.93. The number of nitrogens with one attached hydrogen (secondary N) is 1. The zero-order chi connectivity index (χ0) is 11.4. The van der Waals surface area contributed by atoms with E-state index in [9.17, 15) is 4.79 Å². The third-order valence-electron chi connectivity index (χ3n) is 2.26. The average Bonchev–Trinajstić information content (AvgIpc) is 2.83. The predicted octanol–water partition coefficient (Wildman–Crippen LogP) is 2.46. The van der Waals surface area contributed by atoms with Gasteiger partial charge < -0.3 is 0 Å². The topological polar surface area (TPSA) is 38.3 Å². The minimum atomic E-state index is -0.208. The Labute approximate surface area is 103 Å². The quantitative estimate of drug-likeness (QED) is 0.842. The van der Waals surface area contributed by atoms with E-state index in [1.54, 1.807) is 0 Å². The lowest BCUT2D eigenvalue weighted by Gasteiger charge is -2.08. The molecule has 0 atom stereocenters. The minimum Gasteiger partial charge on any atom is -0.277 e. The number of rotatable bonds is 3. The highest BCUT2D eigenvalue weighted by Crippen LogP contribution is 2.45. The van der Waals surface area contributed by atoms with E-state index >= 15 is 0 Å². The van der Waals surface area contributed by atoms with Gasteiger partial charge in [-0.3, -0.25) is 9.63 Å². The summed E-state index contributed by atoms with van der Waals surface area (Å²) in [5, 5.41) is 0. The summed E-state index contributed by atoms with van der Waals surface area (Å²) in [4.78, 5) is 16.0. The molecular weight excluding hydrogens is 242 g/mol. The molecule has 2 rings (SSSR count). The van der Waals surface area contributed by atoms with Gasteiger partial charge in [-0.15, -0.1) is 23.5 Å². The summed E-state index contributed by atoms with van der Waals surface area (Å²) in [6.45, 7) is 0. The molecule has 5 heteroatoms. The summed E-state index contributed by atoms with van der Waals surface area (Å²) in [6.07, 6.45) is 0. The summed E-state index contributed by atoms with van der Waals surface area (Å²) >= 11 is 3.92. The van der Waals surface area contributed by atoms with Gasteiger partial charge in [0.2, 0.25) is 0 Å². The van der Waals surface area contributed by atoms with E-state index in [0.29, 0.717) is 10.1 Å². The Bertz CT molecular complexity index is 361. The van der Waals surface area contributed by atoms with Gasteiger partial charge in [0.05, 0.1) is 11.7 Å². The molecule has 0 aliphatic carbocycles. The fraction of sp³-hybridized carbons (Fsp3) is 0.364. The zero-order valence-corrected chi connectivity index (χ0v) is 10.6. The van der Waals surface area contributed by atoms with Crippen LogP contribution in [0.1, 0.15) is 20.5 Å². The van der Waals surface area contributed by atoms with Gasteiger partial charge in [-0.1, -0.05) is 12.1 Å². The van der Waals surface area contributed by atoms with Crippen molar-refractivity contribution in [3.05, 3.63) is 35.4 Å². The molecular formula is C11H13NO2S2. The van der Waals surface area contributed by atoms with Gasteiger partial charge in [-0.2, -0.15) is 0 Å². The summed E-state index contributed by atoms with van der Waals surface area (Å²) < 4.78 is 0.527. The monoisotopic (exact) mass is 255 g/mol. The summed E-state index contributed by atoms with van der Waals surface area (Å²) in [6, 6.07) is 7.70. The standard InChI is InChI=1S/C11H13NO2S2/c1-14-12-10(13)8-2-4-9(5-3-8)11-15-6-7-16-11/h2-5,11H,6-7H2,1H3,(H,12,13). The maximum atomic E-state index is 11.4. The Balaban J connectivity index is 2.06. The summed E-state index contributed by atoms with van der Waals surface area (Å²) in [7, 11) is 1.43. The van der Waals surface area contributed by atoms with Crippen LogP contribution in [0.25, 0.3) is 0 Å². The molecule has 0 bridgehead atoms. The molecule has 0 radical (unpaired) electrons. The Morgan fingerprint density at radius 2 is 1.94 bits per heavy atom. The Morgan fingerprint density at radius 1 is 1.31 bits per heavy atom. The number of hydroxylamine groups is 1. The highest BCUT2D eigenvalue weighted by molar-refractivity contribution is 8.19. The van der Waals surface area contributed by atoms with E-state index in [0.717, 1.165) is 0 Å². The fourth-order valence-corrected chi connectivity index (χ4v) is 4.35. The molecule has 86 valence electrons. The second-order valence-corrected chi connectivity index (χ2v) is 6.06. The number of hydrogen-bond acceptors (Lipinski definition) is 4.